The minimum Gasteiger partial charge on any atom is -0.452 e. The molecule has 1 amide bonds. The zero-order valence-corrected chi connectivity index (χ0v) is 16.5. The van der Waals surface area contributed by atoms with Gasteiger partial charge in [0.2, 0.25) is 0 Å². The van der Waals surface area contributed by atoms with Crippen LogP contribution in [-0.4, -0.2) is 35.2 Å². The van der Waals surface area contributed by atoms with E-state index >= 15 is 0 Å². The van der Waals surface area contributed by atoms with Crippen molar-refractivity contribution in [2.45, 2.75) is 5.75 Å². The molecular formula is C20H17N3O3S2. The van der Waals surface area contributed by atoms with E-state index in [0.717, 1.165) is 22.2 Å². The van der Waals surface area contributed by atoms with Crippen LogP contribution in [0.15, 0.2) is 53.5 Å². The maximum absolute atomic E-state index is 12.4. The van der Waals surface area contributed by atoms with Gasteiger partial charge in [0.15, 0.2) is 6.61 Å². The van der Waals surface area contributed by atoms with Crippen LogP contribution in [0.25, 0.3) is 0 Å². The predicted octanol–water partition coefficient (Wildman–Crippen LogP) is 3.69. The second kappa shape index (κ2) is 9.97. The van der Waals surface area contributed by atoms with Gasteiger partial charge >= 0.3 is 5.97 Å². The Kier molecular flexibility index (Phi) is 7.12. The highest BCUT2D eigenvalue weighted by Gasteiger charge is 2.16. The normalized spacial score (nSPS) is 12.8. The van der Waals surface area contributed by atoms with Gasteiger partial charge in [-0.15, -0.1) is 0 Å². The topological polar surface area (TPSA) is 91.5 Å². The summed E-state index contributed by atoms with van der Waals surface area (Å²) >= 11 is 3.32. The molecule has 28 heavy (non-hydrogen) atoms. The van der Waals surface area contributed by atoms with Gasteiger partial charge in [-0.3, -0.25) is 9.79 Å². The third kappa shape index (κ3) is 5.62. The highest BCUT2D eigenvalue weighted by Crippen LogP contribution is 2.26. The number of amides is 1. The van der Waals surface area contributed by atoms with E-state index in [1.807, 2.05) is 18.2 Å². The van der Waals surface area contributed by atoms with Crippen molar-refractivity contribution in [3.8, 4) is 6.07 Å². The van der Waals surface area contributed by atoms with Crippen molar-refractivity contribution in [3.63, 3.8) is 0 Å². The smallest absolute Gasteiger partial charge is 0.338 e. The van der Waals surface area contributed by atoms with Gasteiger partial charge in [0.25, 0.3) is 5.91 Å². The van der Waals surface area contributed by atoms with E-state index in [1.165, 1.54) is 0 Å². The average molecular weight is 412 g/mol. The van der Waals surface area contributed by atoms with E-state index < -0.39 is 11.9 Å². The quantitative estimate of drug-likeness (QED) is 0.729. The zero-order valence-electron chi connectivity index (χ0n) is 14.9. The average Bonchev–Trinajstić information content (AvgIpc) is 3.25. The number of hydrogen-bond acceptors (Lipinski definition) is 7. The van der Waals surface area contributed by atoms with Crippen molar-refractivity contribution in [2.75, 3.05) is 24.2 Å². The second-order valence-corrected chi connectivity index (χ2v) is 8.06. The number of nitriles is 1. The Morgan fingerprint density at radius 3 is 2.71 bits per heavy atom. The summed E-state index contributed by atoms with van der Waals surface area (Å²) in [7, 11) is 0. The summed E-state index contributed by atoms with van der Waals surface area (Å²) in [5, 5.41) is 11.4. The number of anilines is 1. The van der Waals surface area contributed by atoms with Gasteiger partial charge in [-0.25, -0.2) is 4.79 Å². The first-order valence-electron chi connectivity index (χ1n) is 8.51. The molecule has 1 heterocycles. The Morgan fingerprint density at radius 2 is 2.00 bits per heavy atom. The molecule has 3 rings (SSSR count). The molecule has 2 aromatic rings. The second-order valence-electron chi connectivity index (χ2n) is 5.76. The van der Waals surface area contributed by atoms with E-state index in [9.17, 15) is 9.59 Å². The van der Waals surface area contributed by atoms with Crippen LogP contribution in [0.2, 0.25) is 0 Å². The number of carbonyl (C=O) groups excluding carboxylic acids is 2. The zero-order chi connectivity index (χ0) is 19.8. The fourth-order valence-electron chi connectivity index (χ4n) is 2.42. The monoisotopic (exact) mass is 411 g/mol. The lowest BCUT2D eigenvalue weighted by molar-refractivity contribution is -0.119. The largest absolute Gasteiger partial charge is 0.452 e. The van der Waals surface area contributed by atoms with Crippen LogP contribution in [0, 0.1) is 11.3 Å². The van der Waals surface area contributed by atoms with Crippen molar-refractivity contribution in [1.82, 2.24) is 0 Å². The molecule has 0 spiro atoms. The Bertz CT molecular complexity index is 936. The fraction of sp³-hybridized carbons (Fsp3) is 0.200. The van der Waals surface area contributed by atoms with E-state index in [1.54, 1.807) is 59.9 Å². The number of esters is 1. The molecule has 2 aromatic carbocycles. The summed E-state index contributed by atoms with van der Waals surface area (Å²) < 4.78 is 6.20. The number of rotatable bonds is 6. The summed E-state index contributed by atoms with van der Waals surface area (Å²) in [6, 6.07) is 15.7. The predicted molar refractivity (Wildman–Crippen MR) is 113 cm³/mol. The molecule has 0 atom stereocenters. The van der Waals surface area contributed by atoms with Crippen molar-refractivity contribution in [1.29, 1.82) is 5.26 Å². The molecule has 1 aliphatic rings. The number of aliphatic imine (C=N–C) groups is 1. The van der Waals surface area contributed by atoms with Crippen LogP contribution < -0.4 is 5.32 Å². The van der Waals surface area contributed by atoms with Crippen LogP contribution in [0.4, 0.5) is 5.69 Å². The highest BCUT2D eigenvalue weighted by atomic mass is 32.2. The van der Waals surface area contributed by atoms with Crippen molar-refractivity contribution < 1.29 is 14.3 Å². The summed E-state index contributed by atoms with van der Waals surface area (Å²) in [5.41, 5.74) is 2.33. The molecule has 142 valence electrons. The van der Waals surface area contributed by atoms with Crippen LogP contribution in [0.3, 0.4) is 0 Å². The molecule has 8 heteroatoms. The van der Waals surface area contributed by atoms with Crippen LogP contribution >= 0.6 is 23.5 Å². The minimum atomic E-state index is -0.535. The van der Waals surface area contributed by atoms with Gasteiger partial charge in [-0.1, -0.05) is 41.7 Å². The molecule has 0 saturated carbocycles. The van der Waals surface area contributed by atoms with Gasteiger partial charge in [-0.2, -0.15) is 5.26 Å². The number of carbonyl (C=O) groups is 2. The molecule has 6 nitrogen and oxygen atoms in total. The summed E-state index contributed by atoms with van der Waals surface area (Å²) in [4.78, 5) is 28.8. The Morgan fingerprint density at radius 1 is 1.21 bits per heavy atom. The fourth-order valence-corrected chi connectivity index (χ4v) is 4.43. The van der Waals surface area contributed by atoms with Crippen molar-refractivity contribution in [2.24, 2.45) is 4.99 Å². The van der Waals surface area contributed by atoms with Crippen molar-refractivity contribution in [3.05, 3.63) is 65.2 Å². The number of benzene rings is 2. The summed E-state index contributed by atoms with van der Waals surface area (Å²) in [6.45, 7) is 0.452. The van der Waals surface area contributed by atoms with E-state index in [-0.39, 0.29) is 6.61 Å². The molecule has 0 unspecified atom stereocenters. The maximum Gasteiger partial charge on any atom is 0.338 e. The number of nitrogens with zero attached hydrogens (tertiary/aromatic N) is 2. The Labute approximate surface area is 171 Å². The lowest BCUT2D eigenvalue weighted by Crippen LogP contribution is -2.21. The molecular weight excluding hydrogens is 394 g/mol. The summed E-state index contributed by atoms with van der Waals surface area (Å²) in [6.07, 6.45) is 0. The first-order chi connectivity index (χ1) is 13.7. The van der Waals surface area contributed by atoms with E-state index in [2.05, 4.69) is 10.3 Å². The van der Waals surface area contributed by atoms with Crippen LogP contribution in [-0.2, 0) is 15.3 Å². The molecule has 0 radical (unpaired) electrons. The van der Waals surface area contributed by atoms with Gasteiger partial charge in [0, 0.05) is 17.2 Å². The SMILES string of the molecule is N#Cc1ccc(NC(=O)COC(=O)c2ccccc2CSC2=NCCS2)cc1. The number of thioether (sulfide) groups is 2. The third-order valence-electron chi connectivity index (χ3n) is 3.78. The van der Waals surface area contributed by atoms with Gasteiger partial charge in [0.1, 0.15) is 4.38 Å². The Hall–Kier alpha value is -2.76. The number of hydrogen-bond donors (Lipinski definition) is 1. The van der Waals surface area contributed by atoms with Gasteiger partial charge in [0.05, 0.1) is 23.7 Å². The van der Waals surface area contributed by atoms with Crippen LogP contribution in [0.1, 0.15) is 21.5 Å². The number of ether oxygens (including phenoxy) is 1. The molecule has 0 saturated heterocycles. The lowest BCUT2D eigenvalue weighted by Gasteiger charge is -2.10. The van der Waals surface area contributed by atoms with Crippen LogP contribution in [0.5, 0.6) is 0 Å². The third-order valence-corrected chi connectivity index (χ3v) is 6.08. The first-order valence-corrected chi connectivity index (χ1v) is 10.5. The van der Waals surface area contributed by atoms with Gasteiger partial charge in [-0.05, 0) is 35.9 Å². The lowest BCUT2D eigenvalue weighted by atomic mass is 10.1. The Balaban J connectivity index is 1.53. The first kappa shape index (κ1) is 20.0. The van der Waals surface area contributed by atoms with E-state index in [4.69, 9.17) is 10.00 Å². The minimum absolute atomic E-state index is 0.386. The molecule has 0 aliphatic carbocycles. The van der Waals surface area contributed by atoms with Gasteiger partial charge < -0.3 is 10.1 Å². The number of nitrogens with one attached hydrogen (secondary N) is 1. The van der Waals surface area contributed by atoms with E-state index in [0.29, 0.717) is 22.6 Å². The van der Waals surface area contributed by atoms with Crippen molar-refractivity contribution >= 4 is 45.5 Å². The highest BCUT2D eigenvalue weighted by molar-refractivity contribution is 8.38. The standard InChI is InChI=1S/C20H17N3O3S2/c21-11-14-5-7-16(8-6-14)23-18(24)12-26-19(25)17-4-2-1-3-15(17)13-28-20-22-9-10-27-20/h1-8H,9-10,12-13H2,(H,23,24). The summed E-state index contributed by atoms with van der Waals surface area (Å²) in [5.74, 6) is 0.642. The maximum atomic E-state index is 12.4. The molecule has 0 aromatic heterocycles. The molecule has 1 aliphatic heterocycles. The molecule has 0 bridgehead atoms. The molecule has 1 N–H and O–H groups in total. The molecule has 0 fully saturated rings.